The van der Waals surface area contributed by atoms with E-state index in [1.165, 1.54) is 0 Å². The number of primary amides is 1. The fourth-order valence-corrected chi connectivity index (χ4v) is 4.44. The van der Waals surface area contributed by atoms with Crippen LogP contribution < -0.4 is 20.5 Å². The Morgan fingerprint density at radius 3 is 2.53 bits per heavy atom. The van der Waals surface area contributed by atoms with Crippen LogP contribution in [0.4, 0.5) is 0 Å². The Morgan fingerprint density at radius 2 is 1.81 bits per heavy atom. The molecule has 0 aromatic heterocycles. The molecular weight excluding hydrogens is 406 g/mol. The molecule has 2 aromatic carbocycles. The van der Waals surface area contributed by atoms with E-state index in [1.54, 1.807) is 0 Å². The number of nitrogens with one attached hydrogen (secondary N) is 1. The number of rotatable bonds is 6. The van der Waals surface area contributed by atoms with Crippen molar-refractivity contribution in [1.29, 1.82) is 0 Å². The summed E-state index contributed by atoms with van der Waals surface area (Å²) in [6.45, 7) is 6.01. The van der Waals surface area contributed by atoms with Crippen molar-refractivity contribution in [3.05, 3.63) is 59.2 Å². The topological polar surface area (TPSA) is 93.9 Å². The van der Waals surface area contributed by atoms with Crippen LogP contribution in [0.2, 0.25) is 0 Å². The second kappa shape index (κ2) is 9.61. The highest BCUT2D eigenvalue weighted by molar-refractivity contribution is 5.83. The van der Waals surface area contributed by atoms with E-state index < -0.39 is 11.9 Å². The van der Waals surface area contributed by atoms with E-state index in [9.17, 15) is 9.59 Å². The lowest BCUT2D eigenvalue weighted by molar-refractivity contribution is -0.128. The lowest BCUT2D eigenvalue weighted by Crippen LogP contribution is -2.52. The number of benzene rings is 2. The summed E-state index contributed by atoms with van der Waals surface area (Å²) in [5.41, 5.74) is 8.87. The molecule has 4 rings (SSSR count). The van der Waals surface area contributed by atoms with Gasteiger partial charge in [0, 0.05) is 13.0 Å². The molecule has 7 heteroatoms. The maximum absolute atomic E-state index is 13.1. The first-order valence-electron chi connectivity index (χ1n) is 11.2. The van der Waals surface area contributed by atoms with Crippen LogP contribution in [0, 0.1) is 5.92 Å². The molecule has 7 nitrogen and oxygen atoms in total. The Balaban J connectivity index is 1.49. The van der Waals surface area contributed by atoms with Crippen LogP contribution in [-0.4, -0.2) is 42.5 Å². The standard InChI is InChI=1S/C25H31N3O4/c1-16(2)24(18-8-9-21-22(13-18)32-11-5-10-31-21)27-23(29)15-28-14-19-7-4-3-6-17(19)12-20(28)25(26)30/h3-4,6-9,13,16,20,24H,5,10-12,14-15H2,1-2H3,(H2,26,30)(H,27,29)/t20-,24+/m0/s1. The molecule has 0 radical (unpaired) electrons. The number of carbonyl (C=O) groups excluding carboxylic acids is 2. The van der Waals surface area contributed by atoms with Crippen molar-refractivity contribution >= 4 is 11.8 Å². The number of fused-ring (bicyclic) bond motifs is 2. The summed E-state index contributed by atoms with van der Waals surface area (Å²) in [6, 6.07) is 13.1. The third kappa shape index (κ3) is 4.88. The van der Waals surface area contributed by atoms with Gasteiger partial charge in [-0.05, 0) is 41.2 Å². The van der Waals surface area contributed by atoms with Gasteiger partial charge in [0.1, 0.15) is 0 Å². The van der Waals surface area contributed by atoms with Gasteiger partial charge in [-0.1, -0.05) is 44.2 Å². The third-order valence-corrected chi connectivity index (χ3v) is 6.13. The molecule has 2 atom stereocenters. The quantitative estimate of drug-likeness (QED) is 0.725. The van der Waals surface area contributed by atoms with E-state index in [0.717, 1.165) is 28.9 Å². The van der Waals surface area contributed by atoms with Gasteiger partial charge in [0.05, 0.1) is 31.8 Å². The summed E-state index contributed by atoms with van der Waals surface area (Å²) in [6.07, 6.45) is 1.36. The summed E-state index contributed by atoms with van der Waals surface area (Å²) in [4.78, 5) is 27.0. The zero-order chi connectivity index (χ0) is 22.7. The number of ether oxygens (including phenoxy) is 2. The number of hydrogen-bond donors (Lipinski definition) is 2. The highest BCUT2D eigenvalue weighted by Crippen LogP contribution is 2.34. The van der Waals surface area contributed by atoms with Crippen molar-refractivity contribution in [2.75, 3.05) is 19.8 Å². The second-order valence-electron chi connectivity index (χ2n) is 8.84. The fourth-order valence-electron chi connectivity index (χ4n) is 4.44. The van der Waals surface area contributed by atoms with Crippen molar-refractivity contribution in [3.63, 3.8) is 0 Å². The number of nitrogens with two attached hydrogens (primary N) is 1. The van der Waals surface area contributed by atoms with Crippen molar-refractivity contribution in [1.82, 2.24) is 10.2 Å². The van der Waals surface area contributed by atoms with Gasteiger partial charge >= 0.3 is 0 Å². The molecule has 0 unspecified atom stereocenters. The maximum Gasteiger partial charge on any atom is 0.235 e. The smallest absolute Gasteiger partial charge is 0.235 e. The molecule has 0 fully saturated rings. The molecule has 0 aliphatic carbocycles. The van der Waals surface area contributed by atoms with Crippen molar-refractivity contribution in [3.8, 4) is 11.5 Å². The number of hydrogen-bond acceptors (Lipinski definition) is 5. The molecule has 2 amide bonds. The predicted octanol–water partition coefficient (Wildman–Crippen LogP) is 2.57. The van der Waals surface area contributed by atoms with E-state index in [-0.39, 0.29) is 24.4 Å². The Labute approximate surface area is 188 Å². The SMILES string of the molecule is CC(C)[C@@H](NC(=O)CN1Cc2ccccc2C[C@H]1C(N)=O)c1ccc2c(c1)OCCCO2. The van der Waals surface area contributed by atoms with Crippen LogP contribution in [0.25, 0.3) is 0 Å². The molecule has 32 heavy (non-hydrogen) atoms. The van der Waals surface area contributed by atoms with Gasteiger partial charge in [0.2, 0.25) is 11.8 Å². The molecule has 2 aliphatic rings. The Hall–Kier alpha value is -3.06. The maximum atomic E-state index is 13.1. The number of nitrogens with zero attached hydrogens (tertiary/aromatic N) is 1. The molecule has 170 valence electrons. The minimum atomic E-state index is -0.494. The summed E-state index contributed by atoms with van der Waals surface area (Å²) < 4.78 is 11.5. The van der Waals surface area contributed by atoms with Gasteiger partial charge < -0.3 is 20.5 Å². The van der Waals surface area contributed by atoms with Gasteiger partial charge in [-0.3, -0.25) is 14.5 Å². The van der Waals surface area contributed by atoms with Crippen molar-refractivity contribution < 1.29 is 19.1 Å². The van der Waals surface area contributed by atoms with E-state index in [2.05, 4.69) is 19.2 Å². The Bertz CT molecular complexity index is 991. The largest absolute Gasteiger partial charge is 0.490 e. The van der Waals surface area contributed by atoms with Crippen LogP contribution in [0.15, 0.2) is 42.5 Å². The second-order valence-corrected chi connectivity index (χ2v) is 8.84. The van der Waals surface area contributed by atoms with E-state index in [0.29, 0.717) is 31.9 Å². The highest BCUT2D eigenvalue weighted by Gasteiger charge is 2.32. The first-order chi connectivity index (χ1) is 15.4. The molecule has 2 aliphatic heterocycles. The summed E-state index contributed by atoms with van der Waals surface area (Å²) in [5, 5.41) is 3.16. The van der Waals surface area contributed by atoms with Gasteiger partial charge in [0.25, 0.3) is 0 Å². The Morgan fingerprint density at radius 1 is 1.09 bits per heavy atom. The van der Waals surface area contributed by atoms with Gasteiger partial charge in [-0.25, -0.2) is 0 Å². The minimum absolute atomic E-state index is 0.107. The average molecular weight is 438 g/mol. The predicted molar refractivity (Wildman–Crippen MR) is 121 cm³/mol. The van der Waals surface area contributed by atoms with E-state index in [4.69, 9.17) is 15.2 Å². The summed E-state index contributed by atoms with van der Waals surface area (Å²) >= 11 is 0. The van der Waals surface area contributed by atoms with Crippen LogP contribution in [0.1, 0.15) is 43.0 Å². The van der Waals surface area contributed by atoms with Gasteiger partial charge in [-0.2, -0.15) is 0 Å². The molecule has 0 saturated carbocycles. The molecular formula is C25H31N3O4. The normalized spacial score (nSPS) is 19.0. The lowest BCUT2D eigenvalue weighted by atomic mass is 9.93. The molecule has 0 saturated heterocycles. The van der Waals surface area contributed by atoms with Crippen molar-refractivity contribution in [2.24, 2.45) is 11.7 Å². The van der Waals surface area contributed by atoms with Crippen LogP contribution in [0.5, 0.6) is 11.5 Å². The average Bonchev–Trinajstić information content (AvgIpc) is 3.01. The zero-order valence-electron chi connectivity index (χ0n) is 18.7. The molecule has 2 aromatic rings. The van der Waals surface area contributed by atoms with Crippen molar-refractivity contribution in [2.45, 2.75) is 45.3 Å². The van der Waals surface area contributed by atoms with Crippen LogP contribution in [-0.2, 0) is 22.6 Å². The van der Waals surface area contributed by atoms with Crippen LogP contribution in [0.3, 0.4) is 0 Å². The fraction of sp³-hybridized carbons (Fsp3) is 0.440. The van der Waals surface area contributed by atoms with E-state index in [1.807, 2.05) is 47.4 Å². The molecule has 3 N–H and O–H groups in total. The lowest BCUT2D eigenvalue weighted by Gasteiger charge is -2.35. The molecule has 0 spiro atoms. The summed E-state index contributed by atoms with van der Waals surface area (Å²) in [5.74, 6) is 1.06. The molecule has 2 heterocycles. The first-order valence-corrected chi connectivity index (χ1v) is 11.2. The first kappa shape index (κ1) is 22.1. The third-order valence-electron chi connectivity index (χ3n) is 6.13. The molecule has 0 bridgehead atoms. The van der Waals surface area contributed by atoms with Crippen LogP contribution >= 0.6 is 0 Å². The van der Waals surface area contributed by atoms with E-state index >= 15 is 0 Å². The Kier molecular flexibility index (Phi) is 6.65. The summed E-state index contributed by atoms with van der Waals surface area (Å²) in [7, 11) is 0. The highest BCUT2D eigenvalue weighted by atomic mass is 16.5. The monoisotopic (exact) mass is 437 g/mol. The number of amides is 2. The zero-order valence-corrected chi connectivity index (χ0v) is 18.7. The van der Waals surface area contributed by atoms with Gasteiger partial charge in [-0.15, -0.1) is 0 Å². The van der Waals surface area contributed by atoms with Gasteiger partial charge in [0.15, 0.2) is 11.5 Å². The number of carbonyl (C=O) groups is 2. The minimum Gasteiger partial charge on any atom is -0.490 e.